The van der Waals surface area contributed by atoms with Crippen LogP contribution in [-0.2, 0) is 10.9 Å². The zero-order valence-corrected chi connectivity index (χ0v) is 19.8. The van der Waals surface area contributed by atoms with Gasteiger partial charge in [-0.05, 0) is 25.0 Å². The predicted octanol–water partition coefficient (Wildman–Crippen LogP) is 4.36. The Morgan fingerprint density at radius 3 is 2.62 bits per heavy atom. The van der Waals surface area contributed by atoms with E-state index in [-0.39, 0.29) is 18.2 Å². The molecule has 0 radical (unpaired) electrons. The zero-order valence-electron chi connectivity index (χ0n) is 19.8. The van der Waals surface area contributed by atoms with Gasteiger partial charge in [0.25, 0.3) is 5.91 Å². The Labute approximate surface area is 211 Å². The van der Waals surface area contributed by atoms with Gasteiger partial charge >= 0.3 is 12.3 Å². The van der Waals surface area contributed by atoms with E-state index < -0.39 is 29.6 Å². The van der Waals surface area contributed by atoms with Crippen LogP contribution in [-0.4, -0.2) is 59.7 Å². The lowest BCUT2D eigenvalue weighted by molar-refractivity contribution is -0.153. The summed E-state index contributed by atoms with van der Waals surface area (Å²) in [6.07, 6.45) is 7.82. The quantitative estimate of drug-likeness (QED) is 0.451. The number of terminal acetylenes is 1. The number of pyridine rings is 1. The minimum Gasteiger partial charge on any atom is -0.448 e. The van der Waals surface area contributed by atoms with Crippen LogP contribution in [0.5, 0.6) is 0 Å². The molecule has 1 aliphatic heterocycles. The lowest BCUT2D eigenvalue weighted by Crippen LogP contribution is -2.49. The molecule has 4 rings (SSSR count). The summed E-state index contributed by atoms with van der Waals surface area (Å²) in [6, 6.07) is 3.16. The highest BCUT2D eigenvalue weighted by Crippen LogP contribution is 2.35. The summed E-state index contributed by atoms with van der Waals surface area (Å²) in [7, 11) is 0. The first-order valence-corrected chi connectivity index (χ1v) is 11.6. The Morgan fingerprint density at radius 1 is 1.22 bits per heavy atom. The average Bonchev–Trinajstić information content (AvgIpc) is 3.37. The Balaban J connectivity index is 1.39. The number of carbonyl (C=O) groups is 2. The van der Waals surface area contributed by atoms with Gasteiger partial charge in [-0.2, -0.15) is 13.2 Å². The second-order valence-electron chi connectivity index (χ2n) is 8.26. The van der Waals surface area contributed by atoms with Gasteiger partial charge in [0.15, 0.2) is 5.69 Å². The SMILES string of the molecule is C#CCCOC(=O)N1CCN(c2ccc(NC(=O)c3nc(C4=CC=CCC4)oc3C(F)(F)F)cn2)CC1. The van der Waals surface area contributed by atoms with Gasteiger partial charge in [0.2, 0.25) is 11.7 Å². The number of carbonyl (C=O) groups excluding carboxylic acids is 2. The van der Waals surface area contributed by atoms with Gasteiger partial charge in [-0.25, -0.2) is 14.8 Å². The summed E-state index contributed by atoms with van der Waals surface area (Å²) in [4.78, 5) is 36.4. The van der Waals surface area contributed by atoms with Crippen molar-refractivity contribution in [2.24, 2.45) is 0 Å². The second kappa shape index (κ2) is 11.2. The minimum atomic E-state index is -4.89. The molecule has 0 unspecified atom stereocenters. The van der Waals surface area contributed by atoms with Crippen LogP contribution in [0.25, 0.3) is 5.57 Å². The monoisotopic (exact) mass is 515 g/mol. The Hall–Kier alpha value is -4.27. The first-order chi connectivity index (χ1) is 17.8. The van der Waals surface area contributed by atoms with Crippen LogP contribution in [0.3, 0.4) is 0 Å². The number of hydrogen-bond acceptors (Lipinski definition) is 7. The van der Waals surface area contributed by atoms with E-state index in [1.807, 2.05) is 11.0 Å². The number of amides is 2. The Bertz CT molecular complexity index is 1240. The van der Waals surface area contributed by atoms with Crippen LogP contribution < -0.4 is 10.2 Å². The van der Waals surface area contributed by atoms with Gasteiger partial charge in [0.1, 0.15) is 12.4 Å². The van der Waals surface area contributed by atoms with Crippen molar-refractivity contribution in [2.45, 2.75) is 25.4 Å². The molecule has 0 atom stereocenters. The third kappa shape index (κ3) is 6.30. The number of allylic oxidation sites excluding steroid dienone is 4. The highest BCUT2D eigenvalue weighted by atomic mass is 19.4. The maximum Gasteiger partial charge on any atom is 0.452 e. The van der Waals surface area contributed by atoms with E-state index in [0.29, 0.717) is 56.8 Å². The number of halogens is 3. The van der Waals surface area contributed by atoms with Crippen LogP contribution >= 0.6 is 0 Å². The van der Waals surface area contributed by atoms with E-state index in [2.05, 4.69) is 21.2 Å². The van der Waals surface area contributed by atoms with Crippen molar-refractivity contribution in [3.63, 3.8) is 0 Å². The molecule has 1 N–H and O–H groups in total. The number of aromatic nitrogens is 2. The molecule has 2 aliphatic rings. The third-order valence-corrected chi connectivity index (χ3v) is 5.73. The number of nitrogens with one attached hydrogen (secondary N) is 1. The van der Waals surface area contributed by atoms with E-state index in [1.54, 1.807) is 23.1 Å². The van der Waals surface area contributed by atoms with Gasteiger partial charge in [-0.1, -0.05) is 18.2 Å². The molecule has 2 aromatic rings. The standard InChI is InChI=1S/C25H24F3N5O4/c1-2-3-15-36-24(35)33-13-11-32(12-14-33)19-10-9-18(16-29-19)30-22(34)20-21(25(26,27)28)37-23(31-20)17-7-5-4-6-8-17/h1,4-5,7,9-10,16H,3,6,8,11-15H2,(H,30,34). The molecule has 12 heteroatoms. The molecule has 37 heavy (non-hydrogen) atoms. The van der Waals surface area contributed by atoms with Crippen LogP contribution in [0, 0.1) is 12.3 Å². The number of alkyl halides is 3. The highest BCUT2D eigenvalue weighted by Gasteiger charge is 2.42. The summed E-state index contributed by atoms with van der Waals surface area (Å²) in [5.74, 6) is 0.265. The fraction of sp³-hybridized carbons (Fsp3) is 0.360. The lowest BCUT2D eigenvalue weighted by Gasteiger charge is -2.34. The van der Waals surface area contributed by atoms with Crippen molar-refractivity contribution in [3.8, 4) is 12.3 Å². The summed E-state index contributed by atoms with van der Waals surface area (Å²) >= 11 is 0. The second-order valence-corrected chi connectivity index (χ2v) is 8.26. The van der Waals surface area contributed by atoms with Crippen molar-refractivity contribution in [2.75, 3.05) is 43.0 Å². The number of rotatable bonds is 6. The van der Waals surface area contributed by atoms with Crippen LogP contribution in [0.1, 0.15) is 41.4 Å². The summed E-state index contributed by atoms with van der Waals surface area (Å²) in [6.45, 7) is 2.03. The normalized spacial score (nSPS) is 15.7. The molecule has 0 aromatic carbocycles. The van der Waals surface area contributed by atoms with Crippen molar-refractivity contribution in [1.82, 2.24) is 14.9 Å². The lowest BCUT2D eigenvalue weighted by atomic mass is 10.1. The number of piperazine rings is 1. The molecule has 3 heterocycles. The van der Waals surface area contributed by atoms with E-state index in [4.69, 9.17) is 15.6 Å². The predicted molar refractivity (Wildman–Crippen MR) is 129 cm³/mol. The molecule has 9 nitrogen and oxygen atoms in total. The molecular weight excluding hydrogens is 491 g/mol. The highest BCUT2D eigenvalue weighted by molar-refractivity contribution is 6.03. The Kier molecular flexibility index (Phi) is 7.81. The molecule has 0 saturated carbocycles. The van der Waals surface area contributed by atoms with Crippen molar-refractivity contribution in [1.29, 1.82) is 0 Å². The van der Waals surface area contributed by atoms with Gasteiger partial charge < -0.3 is 24.3 Å². The summed E-state index contributed by atoms with van der Waals surface area (Å²) < 4.78 is 50.7. The average molecular weight is 515 g/mol. The van der Waals surface area contributed by atoms with Crippen molar-refractivity contribution >= 4 is 29.1 Å². The Morgan fingerprint density at radius 2 is 2.00 bits per heavy atom. The van der Waals surface area contributed by atoms with E-state index in [9.17, 15) is 22.8 Å². The fourth-order valence-electron chi connectivity index (χ4n) is 3.83. The molecule has 2 aromatic heterocycles. The molecule has 0 bridgehead atoms. The maximum absolute atomic E-state index is 13.5. The molecule has 0 spiro atoms. The van der Waals surface area contributed by atoms with Gasteiger partial charge in [0.05, 0.1) is 11.9 Å². The van der Waals surface area contributed by atoms with Crippen LogP contribution in [0.4, 0.5) is 29.5 Å². The first kappa shape index (κ1) is 25.8. The summed E-state index contributed by atoms with van der Waals surface area (Å²) in [5.41, 5.74) is -0.159. The minimum absolute atomic E-state index is 0.166. The fourth-order valence-corrected chi connectivity index (χ4v) is 3.83. The molecule has 1 fully saturated rings. The topological polar surface area (TPSA) is 101 Å². The zero-order chi connectivity index (χ0) is 26.4. The smallest absolute Gasteiger partial charge is 0.448 e. The van der Waals surface area contributed by atoms with E-state index in [1.165, 1.54) is 12.3 Å². The van der Waals surface area contributed by atoms with E-state index >= 15 is 0 Å². The summed E-state index contributed by atoms with van der Waals surface area (Å²) in [5, 5.41) is 2.40. The molecule has 2 amide bonds. The number of nitrogens with zero attached hydrogens (tertiary/aromatic N) is 4. The molecular formula is C25H24F3N5O4. The van der Waals surface area contributed by atoms with Gasteiger partial charge in [-0.15, -0.1) is 12.3 Å². The number of oxazole rings is 1. The molecule has 1 saturated heterocycles. The van der Waals surface area contributed by atoms with Crippen molar-refractivity contribution in [3.05, 3.63) is 53.9 Å². The van der Waals surface area contributed by atoms with Gasteiger partial charge in [0, 0.05) is 38.2 Å². The maximum atomic E-state index is 13.5. The third-order valence-electron chi connectivity index (χ3n) is 5.73. The molecule has 194 valence electrons. The molecule has 1 aliphatic carbocycles. The van der Waals surface area contributed by atoms with Crippen LogP contribution in [0.2, 0.25) is 0 Å². The number of hydrogen-bond donors (Lipinski definition) is 1. The van der Waals surface area contributed by atoms with Gasteiger partial charge in [-0.3, -0.25) is 4.79 Å². The first-order valence-electron chi connectivity index (χ1n) is 11.6. The largest absolute Gasteiger partial charge is 0.452 e. The van der Waals surface area contributed by atoms with Crippen LogP contribution in [0.15, 0.2) is 41.0 Å². The number of anilines is 2. The number of ether oxygens (including phenoxy) is 1. The van der Waals surface area contributed by atoms with E-state index in [0.717, 1.165) is 0 Å². The van der Waals surface area contributed by atoms with Crippen molar-refractivity contribution < 1.29 is 31.9 Å².